The number of carbonyl (C=O) groups excluding carboxylic acids is 1. The summed E-state index contributed by atoms with van der Waals surface area (Å²) >= 11 is 0. The van der Waals surface area contributed by atoms with E-state index < -0.39 is 22.3 Å². The summed E-state index contributed by atoms with van der Waals surface area (Å²) in [6.45, 7) is 1.24. The minimum atomic E-state index is -4.44. The molecule has 66 valence electrons. The number of rotatable bonds is 1. The molecule has 1 heterocycles. The minimum absolute atomic E-state index is 0.307. The third-order valence-corrected chi connectivity index (χ3v) is 2.64. The topological polar surface area (TPSA) is 30.0 Å². The van der Waals surface area contributed by atoms with E-state index in [2.05, 4.69) is 4.98 Å². The molecule has 1 atom stereocenters. The molecule has 0 aliphatic heterocycles. The van der Waals surface area contributed by atoms with Crippen molar-refractivity contribution < 1.29 is 18.0 Å². The van der Waals surface area contributed by atoms with Crippen molar-refractivity contribution in [1.82, 2.24) is 4.98 Å². The number of carbonyl (C=O) groups is 1. The first kappa shape index (κ1) is 9.18. The van der Waals surface area contributed by atoms with Crippen molar-refractivity contribution in [2.45, 2.75) is 13.1 Å². The molecule has 0 saturated heterocycles. The second-order valence-corrected chi connectivity index (χ2v) is 3.86. The first-order valence-corrected chi connectivity index (χ1v) is 4.32. The second kappa shape index (κ2) is 2.85. The first-order chi connectivity index (χ1) is 5.41. The summed E-state index contributed by atoms with van der Waals surface area (Å²) in [5.74, 6) is 0. The van der Waals surface area contributed by atoms with Crippen LogP contribution >= 0.6 is 10.5 Å². The van der Waals surface area contributed by atoms with Gasteiger partial charge in [0, 0.05) is 0 Å². The zero-order chi connectivity index (χ0) is 9.35. The first-order valence-electron chi connectivity index (χ1n) is 2.97. The van der Waals surface area contributed by atoms with Gasteiger partial charge in [0.05, 0.1) is 17.4 Å². The quantitative estimate of drug-likeness (QED) is 0.646. The summed E-state index contributed by atoms with van der Waals surface area (Å²) < 4.78 is 35.7. The Morgan fingerprint density at radius 2 is 2.17 bits per heavy atom. The summed E-state index contributed by atoms with van der Waals surface area (Å²) in [5, 5.41) is 0.542. The van der Waals surface area contributed by atoms with Gasteiger partial charge >= 0.3 is 11.3 Å². The molecule has 0 aromatic carbocycles. The highest BCUT2D eigenvalue weighted by atomic mass is 32.2. The van der Waals surface area contributed by atoms with Gasteiger partial charge in [0.1, 0.15) is 0 Å². The Labute approximate surface area is 69.0 Å². The van der Waals surface area contributed by atoms with E-state index in [1.54, 1.807) is 0 Å². The molecule has 1 aromatic heterocycles. The van der Waals surface area contributed by atoms with E-state index in [1.165, 1.54) is 6.92 Å². The Balaban J connectivity index is 3.00. The van der Waals surface area contributed by atoms with Crippen molar-refractivity contribution >= 4 is 15.6 Å². The lowest BCUT2D eigenvalue weighted by atomic mass is 10.5. The highest BCUT2D eigenvalue weighted by Gasteiger charge is 2.37. The van der Waals surface area contributed by atoms with E-state index in [-0.39, 0.29) is 5.12 Å². The highest BCUT2D eigenvalue weighted by Crippen LogP contribution is 2.32. The summed E-state index contributed by atoms with van der Waals surface area (Å²) in [6, 6.07) is 0. The fourth-order valence-electron chi connectivity index (χ4n) is 0.592. The fourth-order valence-corrected chi connectivity index (χ4v) is 1.63. The minimum Gasteiger partial charge on any atom is -0.232 e. The molecule has 0 aliphatic carbocycles. The van der Waals surface area contributed by atoms with Crippen LogP contribution in [0.1, 0.15) is 17.4 Å². The summed E-state index contributed by atoms with van der Waals surface area (Å²) in [4.78, 5) is 13.7. The molecule has 0 saturated carbocycles. The maximum absolute atomic E-state index is 11.9. The largest absolute Gasteiger partial charge is 0.438 e. The van der Waals surface area contributed by atoms with Gasteiger partial charge in [-0.2, -0.15) is 18.2 Å². The number of thiazole rings is 1. The SMILES string of the molecule is CC(=O)[s+]1cnc(C(F)(F)F)c1. The van der Waals surface area contributed by atoms with E-state index in [0.717, 1.165) is 10.9 Å². The predicted octanol–water partition coefficient (Wildman–Crippen LogP) is 2.51. The van der Waals surface area contributed by atoms with Gasteiger partial charge in [0.15, 0.2) is 5.38 Å². The molecule has 0 N–H and O–H groups in total. The Hall–Kier alpha value is -0.910. The maximum Gasteiger partial charge on any atom is 0.438 e. The lowest BCUT2D eigenvalue weighted by Gasteiger charge is -1.96. The molecule has 0 amide bonds. The molecule has 1 rings (SSSR count). The molecule has 2 nitrogen and oxygen atoms in total. The van der Waals surface area contributed by atoms with Gasteiger partial charge in [-0.1, -0.05) is 0 Å². The van der Waals surface area contributed by atoms with E-state index in [9.17, 15) is 18.0 Å². The standard InChI is InChI=1S/C6H5F3NOS/c1-4(11)12-2-5(10-3-12)6(7,8)9/h2-3H,1H3/q+1. The lowest BCUT2D eigenvalue weighted by molar-refractivity contribution is -0.140. The van der Waals surface area contributed by atoms with Crippen molar-refractivity contribution in [3.8, 4) is 0 Å². The molecular formula is C6H5F3NOS+. The average molecular weight is 196 g/mol. The van der Waals surface area contributed by atoms with Crippen molar-refractivity contribution in [1.29, 1.82) is 0 Å². The molecule has 6 heteroatoms. The zero-order valence-electron chi connectivity index (χ0n) is 6.05. The Morgan fingerprint density at radius 3 is 2.42 bits per heavy atom. The molecule has 0 bridgehead atoms. The Bertz CT molecular complexity index is 304. The van der Waals surface area contributed by atoms with E-state index in [0.29, 0.717) is 0 Å². The number of alkyl halides is 3. The Kier molecular flexibility index (Phi) is 2.18. The van der Waals surface area contributed by atoms with Crippen LogP contribution in [0.3, 0.4) is 0 Å². The van der Waals surface area contributed by atoms with Crippen LogP contribution in [0.25, 0.3) is 0 Å². The van der Waals surface area contributed by atoms with Gasteiger partial charge in [0.25, 0.3) is 0 Å². The molecule has 1 aromatic rings. The van der Waals surface area contributed by atoms with Crippen LogP contribution in [-0.2, 0) is 6.18 Å². The number of hydrogen-bond acceptors (Lipinski definition) is 2. The molecule has 0 radical (unpaired) electrons. The van der Waals surface area contributed by atoms with Gasteiger partial charge in [-0.15, -0.1) is 0 Å². The number of hydrogen-bond donors (Lipinski definition) is 0. The van der Waals surface area contributed by atoms with Gasteiger partial charge in [-0.25, -0.2) is 4.79 Å². The number of aromatic nitrogens is 1. The maximum atomic E-state index is 11.9. The third kappa shape index (κ3) is 1.82. The van der Waals surface area contributed by atoms with Crippen LogP contribution in [0.2, 0.25) is 0 Å². The lowest BCUT2D eigenvalue weighted by Crippen LogP contribution is -2.04. The van der Waals surface area contributed by atoms with Crippen molar-refractivity contribution in [2.24, 2.45) is 0 Å². The normalized spacial score (nSPS) is 13.2. The van der Waals surface area contributed by atoms with E-state index in [4.69, 9.17) is 0 Å². The van der Waals surface area contributed by atoms with Crippen LogP contribution in [0.4, 0.5) is 13.2 Å². The Morgan fingerprint density at radius 1 is 1.58 bits per heavy atom. The highest BCUT2D eigenvalue weighted by molar-refractivity contribution is 7.48. The van der Waals surface area contributed by atoms with Crippen molar-refractivity contribution in [3.05, 3.63) is 16.6 Å². The van der Waals surface area contributed by atoms with Gasteiger partial charge < -0.3 is 0 Å². The molecule has 12 heavy (non-hydrogen) atoms. The average Bonchev–Trinajstić information content (AvgIpc) is 2.30. The van der Waals surface area contributed by atoms with Gasteiger partial charge in [-0.05, 0) is 0 Å². The number of halogens is 3. The van der Waals surface area contributed by atoms with Crippen molar-refractivity contribution in [3.63, 3.8) is 0 Å². The van der Waals surface area contributed by atoms with Crippen LogP contribution in [-0.4, -0.2) is 10.1 Å². The summed E-state index contributed by atoms with van der Waals surface area (Å²) in [5.41, 5.74) is 0.0616. The smallest absolute Gasteiger partial charge is 0.232 e. The molecule has 0 fully saturated rings. The molecular weight excluding hydrogens is 191 g/mol. The van der Waals surface area contributed by atoms with E-state index >= 15 is 0 Å². The predicted molar refractivity (Wildman–Crippen MR) is 38.0 cm³/mol. The van der Waals surface area contributed by atoms with Crippen LogP contribution < -0.4 is 0 Å². The molecule has 0 spiro atoms. The molecule has 1 unspecified atom stereocenters. The monoisotopic (exact) mass is 196 g/mol. The zero-order valence-corrected chi connectivity index (χ0v) is 6.87. The fraction of sp³-hybridized carbons (Fsp3) is 0.333. The third-order valence-electron chi connectivity index (χ3n) is 1.17. The van der Waals surface area contributed by atoms with E-state index in [1.807, 2.05) is 0 Å². The van der Waals surface area contributed by atoms with Crippen LogP contribution in [0, 0.1) is 0 Å². The second-order valence-electron chi connectivity index (χ2n) is 2.10. The molecule has 0 aliphatic rings. The van der Waals surface area contributed by atoms with Crippen molar-refractivity contribution in [2.75, 3.05) is 0 Å². The summed E-state index contributed by atoms with van der Waals surface area (Å²) in [6.07, 6.45) is -4.44. The van der Waals surface area contributed by atoms with Crippen LogP contribution in [0.15, 0.2) is 10.9 Å². The van der Waals surface area contributed by atoms with Gasteiger partial charge in [-0.3, -0.25) is 0 Å². The number of nitrogens with zero attached hydrogens (tertiary/aromatic N) is 1. The van der Waals surface area contributed by atoms with Gasteiger partial charge in [0.2, 0.25) is 11.2 Å². The summed E-state index contributed by atoms with van der Waals surface area (Å²) in [7, 11) is -1.07. The van der Waals surface area contributed by atoms with Crippen LogP contribution in [0.5, 0.6) is 0 Å².